The molecule has 1 saturated heterocycles. The lowest BCUT2D eigenvalue weighted by atomic mass is 9.90. The van der Waals surface area contributed by atoms with E-state index in [4.69, 9.17) is 0 Å². The molecule has 0 saturated carbocycles. The molecule has 1 fully saturated rings. The molecule has 1 aliphatic heterocycles. The second kappa shape index (κ2) is 7.39. The minimum atomic E-state index is -3.66. The number of fused-ring (bicyclic) bond motifs is 1. The lowest BCUT2D eigenvalue weighted by Crippen LogP contribution is -2.26. The Morgan fingerprint density at radius 2 is 1.81 bits per heavy atom. The molecular formula is C19H22ClN3O2S. The van der Waals surface area contributed by atoms with Crippen molar-refractivity contribution in [2.75, 3.05) is 13.1 Å². The van der Waals surface area contributed by atoms with Crippen LogP contribution in [0.5, 0.6) is 0 Å². The molecule has 1 aliphatic rings. The zero-order valence-electron chi connectivity index (χ0n) is 14.6. The van der Waals surface area contributed by atoms with Gasteiger partial charge in [0.1, 0.15) is 0 Å². The summed E-state index contributed by atoms with van der Waals surface area (Å²) in [6, 6.07) is 10.8. The van der Waals surface area contributed by atoms with Gasteiger partial charge in [0, 0.05) is 17.8 Å². The van der Waals surface area contributed by atoms with Crippen molar-refractivity contribution in [3.8, 4) is 0 Å². The number of pyridine rings is 1. The highest BCUT2D eigenvalue weighted by Crippen LogP contribution is 2.33. The van der Waals surface area contributed by atoms with Crippen LogP contribution in [0.4, 0.5) is 0 Å². The molecular weight excluding hydrogens is 370 g/mol. The molecule has 5 nitrogen and oxygen atoms in total. The van der Waals surface area contributed by atoms with Gasteiger partial charge in [0.25, 0.3) is 10.0 Å². The lowest BCUT2D eigenvalue weighted by Gasteiger charge is -2.22. The summed E-state index contributed by atoms with van der Waals surface area (Å²) >= 11 is 0. The van der Waals surface area contributed by atoms with E-state index in [-0.39, 0.29) is 17.3 Å². The smallest absolute Gasteiger partial charge is 0.269 e. The zero-order chi connectivity index (χ0) is 17.4. The summed E-state index contributed by atoms with van der Waals surface area (Å²) in [4.78, 5) is 4.66. The number of nitrogens with one attached hydrogen (secondary N) is 1. The van der Waals surface area contributed by atoms with E-state index in [1.165, 1.54) is 3.97 Å². The minimum Gasteiger partial charge on any atom is -0.317 e. The minimum absolute atomic E-state index is 0. The van der Waals surface area contributed by atoms with Gasteiger partial charge in [-0.3, -0.25) is 0 Å². The van der Waals surface area contributed by atoms with Crippen LogP contribution in [0.25, 0.3) is 11.0 Å². The molecule has 3 heterocycles. The van der Waals surface area contributed by atoms with Gasteiger partial charge >= 0.3 is 0 Å². The van der Waals surface area contributed by atoms with Crippen molar-refractivity contribution in [2.24, 2.45) is 0 Å². The Morgan fingerprint density at radius 1 is 1.12 bits per heavy atom. The second-order valence-electron chi connectivity index (χ2n) is 6.60. The van der Waals surface area contributed by atoms with E-state index >= 15 is 0 Å². The molecule has 0 spiro atoms. The summed E-state index contributed by atoms with van der Waals surface area (Å²) in [5.74, 6) is 0.363. The Hall–Kier alpha value is -1.89. The van der Waals surface area contributed by atoms with Crippen molar-refractivity contribution in [3.05, 3.63) is 59.9 Å². The summed E-state index contributed by atoms with van der Waals surface area (Å²) in [5.41, 5.74) is 2.63. The van der Waals surface area contributed by atoms with Crippen LogP contribution in [0.1, 0.15) is 29.9 Å². The Morgan fingerprint density at radius 3 is 2.50 bits per heavy atom. The molecule has 0 amide bonds. The number of halogens is 1. The average molecular weight is 392 g/mol. The normalized spacial score (nSPS) is 15.7. The SMILES string of the molecule is Cc1ccc(S(=O)(=O)n2cc(C3CCNCC3)c3cccnc32)cc1.Cl. The van der Waals surface area contributed by atoms with E-state index in [2.05, 4.69) is 10.3 Å². The zero-order valence-corrected chi connectivity index (χ0v) is 16.2. The summed E-state index contributed by atoms with van der Waals surface area (Å²) in [6.07, 6.45) is 5.45. The molecule has 1 aromatic carbocycles. The fraction of sp³-hybridized carbons (Fsp3) is 0.316. The first-order chi connectivity index (χ1) is 12.1. The highest BCUT2D eigenvalue weighted by Gasteiger charge is 2.26. The van der Waals surface area contributed by atoms with Gasteiger partial charge in [0.05, 0.1) is 4.90 Å². The topological polar surface area (TPSA) is 64.0 Å². The number of hydrogen-bond donors (Lipinski definition) is 1. The van der Waals surface area contributed by atoms with Gasteiger partial charge in [0.2, 0.25) is 0 Å². The first-order valence-corrected chi connectivity index (χ1v) is 10.0. The van der Waals surface area contributed by atoms with Gasteiger partial charge < -0.3 is 5.32 Å². The van der Waals surface area contributed by atoms with Gasteiger partial charge in [-0.25, -0.2) is 17.4 Å². The number of nitrogens with zero attached hydrogens (tertiary/aromatic N) is 2. The van der Waals surface area contributed by atoms with Crippen LogP contribution in [0.3, 0.4) is 0 Å². The van der Waals surface area contributed by atoms with E-state index in [1.54, 1.807) is 24.5 Å². The molecule has 0 radical (unpaired) electrons. The monoisotopic (exact) mass is 391 g/mol. The van der Waals surface area contributed by atoms with Crippen molar-refractivity contribution in [1.82, 2.24) is 14.3 Å². The van der Waals surface area contributed by atoms with Gasteiger partial charge in [-0.15, -0.1) is 12.4 Å². The number of hydrogen-bond acceptors (Lipinski definition) is 4. The van der Waals surface area contributed by atoms with Crippen molar-refractivity contribution >= 4 is 33.5 Å². The third kappa shape index (κ3) is 3.24. The predicted molar refractivity (Wildman–Crippen MR) is 106 cm³/mol. The van der Waals surface area contributed by atoms with E-state index in [9.17, 15) is 8.42 Å². The number of piperidine rings is 1. The average Bonchev–Trinajstić information content (AvgIpc) is 3.03. The third-order valence-corrected chi connectivity index (χ3v) is 6.58. The standard InChI is InChI=1S/C19H21N3O2S.ClH/c1-14-4-6-16(7-5-14)25(23,24)22-13-18(15-8-11-20-12-9-15)17-3-2-10-21-19(17)22;/h2-7,10,13,15,20H,8-9,11-12H2,1H3;1H. The fourth-order valence-corrected chi connectivity index (χ4v) is 4.85. The molecule has 4 rings (SSSR count). The Labute approximate surface area is 159 Å². The van der Waals surface area contributed by atoms with Crippen molar-refractivity contribution in [3.63, 3.8) is 0 Å². The molecule has 3 aromatic rings. The highest BCUT2D eigenvalue weighted by molar-refractivity contribution is 7.90. The van der Waals surface area contributed by atoms with Gasteiger partial charge in [0.15, 0.2) is 5.65 Å². The Bertz CT molecular complexity index is 1010. The van der Waals surface area contributed by atoms with Crippen molar-refractivity contribution < 1.29 is 8.42 Å². The third-order valence-electron chi connectivity index (χ3n) is 4.92. The molecule has 2 aromatic heterocycles. The molecule has 0 atom stereocenters. The first-order valence-electron chi connectivity index (χ1n) is 8.56. The molecule has 7 heteroatoms. The Kier molecular flexibility index (Phi) is 5.37. The van der Waals surface area contributed by atoms with E-state index in [0.717, 1.165) is 42.4 Å². The van der Waals surface area contributed by atoms with Crippen LogP contribution in [0.2, 0.25) is 0 Å². The van der Waals surface area contributed by atoms with Crippen molar-refractivity contribution in [2.45, 2.75) is 30.6 Å². The summed E-state index contributed by atoms with van der Waals surface area (Å²) in [6.45, 7) is 3.86. The van der Waals surface area contributed by atoms with Crippen LogP contribution in [-0.2, 0) is 10.0 Å². The van der Waals surface area contributed by atoms with Crippen LogP contribution in [0.15, 0.2) is 53.7 Å². The van der Waals surface area contributed by atoms with Gasteiger partial charge in [-0.2, -0.15) is 0 Å². The number of rotatable bonds is 3. The summed E-state index contributed by atoms with van der Waals surface area (Å²) < 4.78 is 27.7. The van der Waals surface area contributed by atoms with Crippen LogP contribution in [-0.4, -0.2) is 30.5 Å². The molecule has 0 bridgehead atoms. The maximum Gasteiger partial charge on any atom is 0.269 e. The number of benzene rings is 1. The number of aryl methyl sites for hydroxylation is 1. The van der Waals surface area contributed by atoms with Crippen molar-refractivity contribution in [1.29, 1.82) is 0 Å². The van der Waals surface area contributed by atoms with Gasteiger partial charge in [-0.1, -0.05) is 17.7 Å². The maximum absolute atomic E-state index is 13.2. The lowest BCUT2D eigenvalue weighted by molar-refractivity contribution is 0.462. The second-order valence-corrected chi connectivity index (χ2v) is 8.41. The highest BCUT2D eigenvalue weighted by atomic mass is 35.5. The van der Waals surface area contributed by atoms with E-state index in [0.29, 0.717) is 11.6 Å². The molecule has 138 valence electrons. The van der Waals surface area contributed by atoms with E-state index < -0.39 is 10.0 Å². The predicted octanol–water partition coefficient (Wildman–Crippen LogP) is 3.47. The molecule has 0 aliphatic carbocycles. The van der Waals surface area contributed by atoms with Crippen LogP contribution in [0, 0.1) is 6.92 Å². The quantitative estimate of drug-likeness (QED) is 0.742. The maximum atomic E-state index is 13.2. The molecule has 1 N–H and O–H groups in total. The molecule has 26 heavy (non-hydrogen) atoms. The fourth-order valence-electron chi connectivity index (χ4n) is 3.52. The molecule has 0 unspecified atom stereocenters. The summed E-state index contributed by atoms with van der Waals surface area (Å²) in [7, 11) is -3.66. The number of aromatic nitrogens is 2. The van der Waals surface area contributed by atoms with Crippen LogP contribution >= 0.6 is 12.4 Å². The van der Waals surface area contributed by atoms with Gasteiger partial charge in [-0.05, 0) is 68.6 Å². The largest absolute Gasteiger partial charge is 0.317 e. The summed E-state index contributed by atoms with van der Waals surface area (Å²) in [5, 5.41) is 4.30. The Balaban J connectivity index is 0.00000196. The first kappa shape index (κ1) is 18.9. The van der Waals surface area contributed by atoms with E-state index in [1.807, 2.05) is 31.2 Å². The van der Waals surface area contributed by atoms with Crippen LogP contribution < -0.4 is 5.32 Å².